The Bertz CT molecular complexity index is 370. The number of carbonyl (C=O) groups excluding carboxylic acids is 1. The third-order valence-corrected chi connectivity index (χ3v) is 5.15. The van der Waals surface area contributed by atoms with E-state index in [1.807, 2.05) is 0 Å². The van der Waals surface area contributed by atoms with Crippen molar-refractivity contribution in [2.75, 3.05) is 6.54 Å². The maximum absolute atomic E-state index is 12.0. The zero-order valence-corrected chi connectivity index (χ0v) is 12.8. The molecule has 2 saturated carbocycles. The van der Waals surface area contributed by atoms with Crippen LogP contribution in [0, 0.1) is 11.8 Å². The Balaban J connectivity index is 1.66. The topological polar surface area (TPSA) is 92.4 Å². The van der Waals surface area contributed by atoms with E-state index in [0.29, 0.717) is 18.9 Å². The van der Waals surface area contributed by atoms with Crippen molar-refractivity contribution in [3.05, 3.63) is 0 Å². The molecule has 0 bridgehead atoms. The second-order valence-corrected chi connectivity index (χ2v) is 6.96. The first-order valence-corrected chi connectivity index (χ1v) is 8.27. The summed E-state index contributed by atoms with van der Waals surface area (Å²) in [6.07, 6.45) is 9.06. The molecule has 0 aliphatic heterocycles. The maximum atomic E-state index is 12.0. The van der Waals surface area contributed by atoms with E-state index in [9.17, 15) is 9.59 Å². The molecule has 0 spiro atoms. The van der Waals surface area contributed by atoms with E-state index in [0.717, 1.165) is 51.4 Å². The van der Waals surface area contributed by atoms with Crippen LogP contribution >= 0.6 is 0 Å². The Morgan fingerprint density at radius 2 is 1.71 bits per heavy atom. The minimum Gasteiger partial charge on any atom is -0.481 e. The molecule has 0 unspecified atom stereocenters. The van der Waals surface area contributed by atoms with Crippen molar-refractivity contribution in [1.29, 1.82) is 0 Å². The highest BCUT2D eigenvalue weighted by atomic mass is 16.4. The molecule has 2 aliphatic carbocycles. The van der Waals surface area contributed by atoms with Gasteiger partial charge in [0.1, 0.15) is 0 Å². The van der Waals surface area contributed by atoms with Gasteiger partial charge < -0.3 is 16.2 Å². The molecule has 2 aliphatic rings. The van der Waals surface area contributed by atoms with E-state index in [1.165, 1.54) is 6.42 Å². The predicted octanol–water partition coefficient (Wildman–Crippen LogP) is 2.05. The summed E-state index contributed by atoms with van der Waals surface area (Å²) in [6.45, 7) is 0.668. The lowest BCUT2D eigenvalue weighted by molar-refractivity contribution is -0.143. The van der Waals surface area contributed by atoms with Gasteiger partial charge in [0.2, 0.25) is 5.91 Å². The minimum atomic E-state index is -0.681. The van der Waals surface area contributed by atoms with Gasteiger partial charge in [-0.15, -0.1) is 0 Å². The summed E-state index contributed by atoms with van der Waals surface area (Å²) in [5.74, 6) is -0.393. The normalized spacial score (nSPS) is 28.8. The lowest BCUT2D eigenvalue weighted by Crippen LogP contribution is -2.46. The lowest BCUT2D eigenvalue weighted by atomic mass is 9.80. The van der Waals surface area contributed by atoms with E-state index < -0.39 is 5.97 Å². The molecule has 0 aromatic heterocycles. The average Bonchev–Trinajstić information content (AvgIpc) is 2.46. The molecule has 120 valence electrons. The van der Waals surface area contributed by atoms with Crippen molar-refractivity contribution in [1.82, 2.24) is 5.32 Å². The van der Waals surface area contributed by atoms with Crippen molar-refractivity contribution < 1.29 is 14.7 Å². The van der Waals surface area contributed by atoms with Gasteiger partial charge in [0.25, 0.3) is 0 Å². The summed E-state index contributed by atoms with van der Waals surface area (Å²) in [6, 6.07) is 0. The number of amides is 1. The molecule has 5 nitrogen and oxygen atoms in total. The van der Waals surface area contributed by atoms with Crippen molar-refractivity contribution >= 4 is 11.9 Å². The average molecular weight is 296 g/mol. The van der Waals surface area contributed by atoms with Gasteiger partial charge in [0.15, 0.2) is 0 Å². The van der Waals surface area contributed by atoms with Gasteiger partial charge >= 0.3 is 5.97 Å². The van der Waals surface area contributed by atoms with Crippen LogP contribution in [-0.4, -0.2) is 29.1 Å². The fraction of sp³-hybridized carbons (Fsp3) is 0.875. The molecule has 0 aromatic carbocycles. The van der Waals surface area contributed by atoms with Crippen molar-refractivity contribution in [2.45, 2.75) is 69.7 Å². The first-order valence-electron chi connectivity index (χ1n) is 8.27. The van der Waals surface area contributed by atoms with Crippen molar-refractivity contribution in [3.63, 3.8) is 0 Å². The minimum absolute atomic E-state index is 0.0553. The standard InChI is InChI=1S/C16H28N2O3/c17-16(8-2-1-3-9-16)10-14(19)18-11-12-4-6-13(7-5-12)15(20)21/h12-13H,1-11,17H2,(H,18,19)(H,20,21). The molecule has 1 amide bonds. The Morgan fingerprint density at radius 1 is 1.10 bits per heavy atom. The van der Waals surface area contributed by atoms with Crippen LogP contribution in [0.3, 0.4) is 0 Å². The SMILES string of the molecule is NC1(CC(=O)NCC2CCC(C(=O)O)CC2)CCCCC1. The van der Waals surface area contributed by atoms with Crippen LogP contribution in [0.4, 0.5) is 0 Å². The summed E-state index contributed by atoms with van der Waals surface area (Å²) in [5.41, 5.74) is 5.99. The summed E-state index contributed by atoms with van der Waals surface area (Å²) < 4.78 is 0. The van der Waals surface area contributed by atoms with Gasteiger partial charge in [-0.25, -0.2) is 0 Å². The molecule has 2 rings (SSSR count). The van der Waals surface area contributed by atoms with Crippen LogP contribution in [0.2, 0.25) is 0 Å². The predicted molar refractivity (Wildman–Crippen MR) is 80.7 cm³/mol. The van der Waals surface area contributed by atoms with Gasteiger partial charge in [-0.3, -0.25) is 9.59 Å². The number of hydrogen-bond acceptors (Lipinski definition) is 3. The molecule has 21 heavy (non-hydrogen) atoms. The van der Waals surface area contributed by atoms with Crippen LogP contribution in [0.15, 0.2) is 0 Å². The second kappa shape index (κ2) is 7.25. The summed E-state index contributed by atoms with van der Waals surface area (Å²) in [7, 11) is 0. The zero-order valence-electron chi connectivity index (χ0n) is 12.8. The first-order chi connectivity index (χ1) is 9.98. The van der Waals surface area contributed by atoms with Crippen LogP contribution in [0.5, 0.6) is 0 Å². The number of nitrogens with two attached hydrogens (primary N) is 1. The van der Waals surface area contributed by atoms with Crippen molar-refractivity contribution in [2.24, 2.45) is 17.6 Å². The summed E-state index contributed by atoms with van der Waals surface area (Å²) in [4.78, 5) is 22.9. The summed E-state index contributed by atoms with van der Waals surface area (Å²) >= 11 is 0. The molecular formula is C16H28N2O3. The van der Waals surface area contributed by atoms with E-state index in [4.69, 9.17) is 10.8 Å². The largest absolute Gasteiger partial charge is 0.481 e. The highest BCUT2D eigenvalue weighted by molar-refractivity contribution is 5.77. The third-order valence-electron chi connectivity index (χ3n) is 5.15. The first kappa shape index (κ1) is 16.3. The van der Waals surface area contributed by atoms with E-state index in [2.05, 4.69) is 5.32 Å². The fourth-order valence-electron chi connectivity index (χ4n) is 3.69. The Hall–Kier alpha value is -1.10. The molecule has 4 N–H and O–H groups in total. The van der Waals surface area contributed by atoms with Gasteiger partial charge in [-0.2, -0.15) is 0 Å². The van der Waals surface area contributed by atoms with Gasteiger partial charge in [0.05, 0.1) is 5.92 Å². The van der Waals surface area contributed by atoms with E-state index in [-0.39, 0.29) is 17.4 Å². The van der Waals surface area contributed by atoms with Crippen LogP contribution in [0.25, 0.3) is 0 Å². The van der Waals surface area contributed by atoms with Gasteiger partial charge in [-0.1, -0.05) is 19.3 Å². The van der Waals surface area contributed by atoms with Crippen LogP contribution in [-0.2, 0) is 9.59 Å². The highest BCUT2D eigenvalue weighted by Crippen LogP contribution is 2.30. The highest BCUT2D eigenvalue weighted by Gasteiger charge is 2.30. The molecule has 0 radical (unpaired) electrons. The summed E-state index contributed by atoms with van der Waals surface area (Å²) in [5, 5.41) is 12.0. The lowest BCUT2D eigenvalue weighted by Gasteiger charge is -2.33. The van der Waals surface area contributed by atoms with Gasteiger partial charge in [0, 0.05) is 18.5 Å². The van der Waals surface area contributed by atoms with E-state index >= 15 is 0 Å². The Morgan fingerprint density at radius 3 is 2.29 bits per heavy atom. The number of carboxylic acid groups (broad SMARTS) is 1. The molecule has 0 heterocycles. The number of nitrogens with one attached hydrogen (secondary N) is 1. The molecule has 0 saturated heterocycles. The number of hydrogen-bond donors (Lipinski definition) is 3. The molecule has 0 atom stereocenters. The Kier molecular flexibility index (Phi) is 5.62. The monoisotopic (exact) mass is 296 g/mol. The molecular weight excluding hydrogens is 268 g/mol. The van der Waals surface area contributed by atoms with Gasteiger partial charge in [-0.05, 0) is 44.4 Å². The number of carboxylic acids is 1. The zero-order chi connectivity index (χ0) is 15.3. The molecule has 2 fully saturated rings. The number of rotatable bonds is 5. The Labute approximate surface area is 126 Å². The van der Waals surface area contributed by atoms with Crippen LogP contribution < -0.4 is 11.1 Å². The smallest absolute Gasteiger partial charge is 0.306 e. The molecule has 0 aromatic rings. The fourth-order valence-corrected chi connectivity index (χ4v) is 3.69. The van der Waals surface area contributed by atoms with Crippen LogP contribution in [0.1, 0.15) is 64.2 Å². The van der Waals surface area contributed by atoms with Crippen molar-refractivity contribution in [3.8, 4) is 0 Å². The quantitative estimate of drug-likeness (QED) is 0.724. The maximum Gasteiger partial charge on any atom is 0.306 e. The third kappa shape index (κ3) is 4.99. The number of aliphatic carboxylic acids is 1. The van der Waals surface area contributed by atoms with E-state index in [1.54, 1.807) is 0 Å². The number of carbonyl (C=O) groups is 2. The second-order valence-electron chi connectivity index (χ2n) is 6.96. The molecule has 5 heteroatoms.